The molecule has 0 spiro atoms. The van der Waals surface area contributed by atoms with Crippen molar-refractivity contribution in [2.45, 2.75) is 13.3 Å². The molecule has 1 aliphatic rings. The molecule has 7 nitrogen and oxygen atoms in total. The van der Waals surface area contributed by atoms with Gasteiger partial charge in [0.2, 0.25) is 5.95 Å². The predicted octanol–water partition coefficient (Wildman–Crippen LogP) is 2.85. The molecular weight excluding hydrogens is 496 g/mol. The van der Waals surface area contributed by atoms with Crippen LogP contribution in [0.5, 0.6) is 0 Å². The molecule has 1 aromatic carbocycles. The Morgan fingerprint density at radius 2 is 1.83 bits per heavy atom. The van der Waals surface area contributed by atoms with E-state index in [-0.39, 0.29) is 29.8 Å². The molecule has 1 saturated heterocycles. The number of rotatable bonds is 7. The van der Waals surface area contributed by atoms with E-state index >= 15 is 0 Å². The Kier molecular flexibility index (Phi) is 10.0. The van der Waals surface area contributed by atoms with E-state index in [4.69, 9.17) is 4.99 Å². The van der Waals surface area contributed by atoms with Crippen molar-refractivity contribution in [2.75, 3.05) is 62.7 Å². The monoisotopic (exact) mass is 527 g/mol. The van der Waals surface area contributed by atoms with Gasteiger partial charge in [0.05, 0.1) is 5.69 Å². The molecule has 2 heterocycles. The van der Waals surface area contributed by atoms with Crippen LogP contribution >= 0.6 is 24.0 Å². The molecule has 30 heavy (non-hydrogen) atoms. The van der Waals surface area contributed by atoms with E-state index in [1.807, 2.05) is 24.1 Å². The summed E-state index contributed by atoms with van der Waals surface area (Å²) in [7, 11) is 1.91. The van der Waals surface area contributed by atoms with Gasteiger partial charge in [0.1, 0.15) is 5.82 Å². The largest absolute Gasteiger partial charge is 0.372 e. The van der Waals surface area contributed by atoms with Crippen LogP contribution in [0.1, 0.15) is 13.3 Å². The zero-order chi connectivity index (χ0) is 20.5. The van der Waals surface area contributed by atoms with Crippen molar-refractivity contribution in [1.29, 1.82) is 0 Å². The number of piperazine rings is 1. The molecule has 0 saturated carbocycles. The lowest BCUT2D eigenvalue weighted by Gasteiger charge is -2.36. The third-order valence-corrected chi connectivity index (χ3v) is 4.93. The van der Waals surface area contributed by atoms with Gasteiger partial charge in [-0.25, -0.2) is 14.4 Å². The van der Waals surface area contributed by atoms with Crippen LogP contribution < -0.4 is 15.1 Å². The van der Waals surface area contributed by atoms with Gasteiger partial charge in [0.15, 0.2) is 5.96 Å². The second-order valence-corrected chi connectivity index (χ2v) is 6.99. The molecule has 3 rings (SSSR count). The fraction of sp³-hybridized carbons (Fsp3) is 0.476. The van der Waals surface area contributed by atoms with Gasteiger partial charge in [-0.05, 0) is 31.5 Å². The van der Waals surface area contributed by atoms with E-state index in [0.29, 0.717) is 12.2 Å². The first-order valence-electron chi connectivity index (χ1n) is 10.2. The van der Waals surface area contributed by atoms with E-state index in [0.717, 1.165) is 57.6 Å². The maximum absolute atomic E-state index is 13.9. The minimum Gasteiger partial charge on any atom is -0.372 e. The fourth-order valence-electron chi connectivity index (χ4n) is 3.37. The molecule has 2 aromatic rings. The fourth-order valence-corrected chi connectivity index (χ4v) is 3.37. The van der Waals surface area contributed by atoms with Crippen molar-refractivity contribution in [2.24, 2.45) is 4.99 Å². The van der Waals surface area contributed by atoms with E-state index in [1.165, 1.54) is 6.07 Å². The summed E-state index contributed by atoms with van der Waals surface area (Å²) >= 11 is 0. The zero-order valence-corrected chi connectivity index (χ0v) is 20.0. The summed E-state index contributed by atoms with van der Waals surface area (Å²) in [5, 5.41) is 3.39. The number of halogens is 2. The van der Waals surface area contributed by atoms with E-state index in [1.54, 1.807) is 24.5 Å². The third kappa shape index (κ3) is 6.68. The standard InChI is InChI=1S/C21H30FN7.HI/c1-3-23-20(26-12-7-13-27(2)19-9-5-4-8-18(19)22)28-14-16-29(17-15-28)21-24-10-6-11-25-21;/h4-6,8-11H,3,7,12-17H2,1-2H3,(H,23,26);1H. The van der Waals surface area contributed by atoms with Crippen molar-refractivity contribution < 1.29 is 4.39 Å². The van der Waals surface area contributed by atoms with E-state index in [9.17, 15) is 4.39 Å². The van der Waals surface area contributed by atoms with E-state index in [2.05, 4.69) is 32.0 Å². The van der Waals surface area contributed by atoms with Crippen LogP contribution in [-0.4, -0.2) is 73.7 Å². The summed E-state index contributed by atoms with van der Waals surface area (Å²) in [5.41, 5.74) is 0.627. The van der Waals surface area contributed by atoms with Crippen LogP contribution in [0.15, 0.2) is 47.7 Å². The second kappa shape index (κ2) is 12.5. The van der Waals surface area contributed by atoms with Crippen LogP contribution in [0.25, 0.3) is 0 Å². The maximum atomic E-state index is 13.9. The average molecular weight is 527 g/mol. The van der Waals surface area contributed by atoms with Gasteiger partial charge in [0, 0.05) is 65.3 Å². The molecule has 0 bridgehead atoms. The number of aliphatic imine (C=N–C) groups is 1. The predicted molar refractivity (Wildman–Crippen MR) is 131 cm³/mol. The number of hydrogen-bond donors (Lipinski definition) is 1. The van der Waals surface area contributed by atoms with Crippen LogP contribution in [-0.2, 0) is 0 Å². The van der Waals surface area contributed by atoms with Crippen LogP contribution in [0.2, 0.25) is 0 Å². The molecule has 1 aromatic heterocycles. The SMILES string of the molecule is CCNC(=NCCCN(C)c1ccccc1F)N1CCN(c2ncccn2)CC1.I. The first kappa shape index (κ1) is 24.1. The summed E-state index contributed by atoms with van der Waals surface area (Å²) in [6.07, 6.45) is 4.41. The molecular formula is C21H31FIN7. The molecule has 164 valence electrons. The molecule has 1 aliphatic heterocycles. The highest BCUT2D eigenvalue weighted by atomic mass is 127. The maximum Gasteiger partial charge on any atom is 0.225 e. The van der Waals surface area contributed by atoms with Crippen molar-refractivity contribution >= 4 is 41.6 Å². The topological polar surface area (TPSA) is 59.9 Å². The van der Waals surface area contributed by atoms with Gasteiger partial charge in [-0.3, -0.25) is 4.99 Å². The van der Waals surface area contributed by atoms with E-state index < -0.39 is 0 Å². The van der Waals surface area contributed by atoms with Crippen molar-refractivity contribution in [1.82, 2.24) is 20.2 Å². The van der Waals surface area contributed by atoms with Gasteiger partial charge in [0.25, 0.3) is 0 Å². The normalized spacial score (nSPS) is 14.3. The minimum atomic E-state index is -0.188. The summed E-state index contributed by atoms with van der Waals surface area (Å²) in [4.78, 5) is 19.9. The second-order valence-electron chi connectivity index (χ2n) is 6.99. The summed E-state index contributed by atoms with van der Waals surface area (Å²) < 4.78 is 13.9. The highest BCUT2D eigenvalue weighted by molar-refractivity contribution is 14.0. The lowest BCUT2D eigenvalue weighted by Crippen LogP contribution is -2.53. The number of aromatic nitrogens is 2. The Morgan fingerprint density at radius 3 is 2.50 bits per heavy atom. The van der Waals surface area contributed by atoms with Crippen LogP contribution in [0.4, 0.5) is 16.0 Å². The number of benzene rings is 1. The molecule has 1 N–H and O–H groups in total. The highest BCUT2D eigenvalue weighted by Gasteiger charge is 2.21. The van der Waals surface area contributed by atoms with Crippen LogP contribution in [0.3, 0.4) is 0 Å². The number of nitrogens with zero attached hydrogens (tertiary/aromatic N) is 6. The molecule has 0 aliphatic carbocycles. The lowest BCUT2D eigenvalue weighted by atomic mass is 10.2. The Labute approximate surface area is 195 Å². The third-order valence-electron chi connectivity index (χ3n) is 4.93. The Bertz CT molecular complexity index is 782. The lowest BCUT2D eigenvalue weighted by molar-refractivity contribution is 0.370. The number of nitrogens with one attached hydrogen (secondary N) is 1. The quantitative estimate of drug-likeness (QED) is 0.259. The number of anilines is 2. The number of hydrogen-bond acceptors (Lipinski definition) is 5. The average Bonchev–Trinajstić information content (AvgIpc) is 2.77. The van der Waals surface area contributed by atoms with Gasteiger partial charge >= 0.3 is 0 Å². The Morgan fingerprint density at radius 1 is 1.13 bits per heavy atom. The smallest absolute Gasteiger partial charge is 0.225 e. The highest BCUT2D eigenvalue weighted by Crippen LogP contribution is 2.17. The molecule has 0 unspecified atom stereocenters. The molecule has 0 atom stereocenters. The van der Waals surface area contributed by atoms with Gasteiger partial charge in [-0.2, -0.15) is 0 Å². The van der Waals surface area contributed by atoms with Crippen molar-refractivity contribution in [3.63, 3.8) is 0 Å². The molecule has 0 amide bonds. The summed E-state index contributed by atoms with van der Waals surface area (Å²) in [5.74, 6) is 1.53. The molecule has 1 fully saturated rings. The Hall–Kier alpha value is -2.17. The zero-order valence-electron chi connectivity index (χ0n) is 17.7. The minimum absolute atomic E-state index is 0. The van der Waals surface area contributed by atoms with Crippen molar-refractivity contribution in [3.05, 3.63) is 48.5 Å². The van der Waals surface area contributed by atoms with Gasteiger partial charge in [-0.15, -0.1) is 24.0 Å². The Balaban J connectivity index is 0.00000320. The number of para-hydroxylation sites is 1. The number of guanidine groups is 1. The van der Waals surface area contributed by atoms with Crippen molar-refractivity contribution in [3.8, 4) is 0 Å². The molecule has 0 radical (unpaired) electrons. The molecule has 9 heteroatoms. The van der Waals surface area contributed by atoms with Gasteiger partial charge < -0.3 is 20.0 Å². The summed E-state index contributed by atoms with van der Waals surface area (Å²) in [6.45, 7) is 7.84. The summed E-state index contributed by atoms with van der Waals surface area (Å²) in [6, 6.07) is 8.70. The first-order chi connectivity index (χ1) is 14.2. The first-order valence-corrected chi connectivity index (χ1v) is 10.2. The van der Waals surface area contributed by atoms with Gasteiger partial charge in [-0.1, -0.05) is 12.1 Å². The van der Waals surface area contributed by atoms with Crippen LogP contribution in [0, 0.1) is 5.82 Å².